The molecule has 1 amide bonds. The Balaban J connectivity index is 2.07. The minimum absolute atomic E-state index is 0.00548. The third-order valence-electron chi connectivity index (χ3n) is 3.92. The van der Waals surface area contributed by atoms with Crippen molar-refractivity contribution in [2.24, 2.45) is 0 Å². The summed E-state index contributed by atoms with van der Waals surface area (Å²) >= 11 is 3.52. The fraction of sp³-hybridized carbons (Fsp3) is 0.316. The number of hydrogen-bond acceptors (Lipinski definition) is 3. The van der Waals surface area contributed by atoms with Crippen LogP contribution in [0.5, 0.6) is 11.5 Å². The molecule has 2 aromatic carbocycles. The standard InChI is InChI=1S/C19H22BrNO3/c1-12-6-5-7-13(2)19(12)21-18(22)9-8-14-10-16(23-3)17(24-4)11-15(14)20/h5-7,10-11H,8-9H2,1-4H3,(H,21,22). The molecule has 0 radical (unpaired) electrons. The third-order valence-corrected chi connectivity index (χ3v) is 4.66. The van der Waals surface area contributed by atoms with Crippen LogP contribution in [0, 0.1) is 13.8 Å². The molecule has 0 fully saturated rings. The van der Waals surface area contributed by atoms with Crippen LogP contribution in [-0.4, -0.2) is 20.1 Å². The minimum atomic E-state index is -0.00548. The first-order valence-electron chi connectivity index (χ1n) is 7.72. The Morgan fingerprint density at radius 2 is 1.67 bits per heavy atom. The summed E-state index contributed by atoms with van der Waals surface area (Å²) in [6.07, 6.45) is 1.000. The number of nitrogens with one attached hydrogen (secondary N) is 1. The van der Waals surface area contributed by atoms with Gasteiger partial charge in [-0.3, -0.25) is 4.79 Å². The van der Waals surface area contributed by atoms with Crippen molar-refractivity contribution in [1.82, 2.24) is 0 Å². The van der Waals surface area contributed by atoms with Gasteiger partial charge in [-0.15, -0.1) is 0 Å². The SMILES string of the molecule is COc1cc(Br)c(CCC(=O)Nc2c(C)cccc2C)cc1OC. The molecule has 2 rings (SSSR count). The molecule has 0 heterocycles. The zero-order chi connectivity index (χ0) is 17.7. The van der Waals surface area contributed by atoms with E-state index in [9.17, 15) is 4.79 Å². The first-order valence-corrected chi connectivity index (χ1v) is 8.52. The number of para-hydroxylation sites is 1. The van der Waals surface area contributed by atoms with Crippen molar-refractivity contribution in [2.75, 3.05) is 19.5 Å². The fourth-order valence-corrected chi connectivity index (χ4v) is 3.07. The predicted octanol–water partition coefficient (Wildman–Crippen LogP) is 4.65. The zero-order valence-corrected chi connectivity index (χ0v) is 16.0. The van der Waals surface area contributed by atoms with Gasteiger partial charge in [0.15, 0.2) is 11.5 Å². The number of rotatable bonds is 6. The Kier molecular flexibility index (Phi) is 6.26. The van der Waals surface area contributed by atoms with Crippen LogP contribution < -0.4 is 14.8 Å². The van der Waals surface area contributed by atoms with Gasteiger partial charge in [-0.05, 0) is 49.1 Å². The molecule has 0 spiro atoms. The predicted molar refractivity (Wildman–Crippen MR) is 100 cm³/mol. The Hall–Kier alpha value is -2.01. The first-order chi connectivity index (χ1) is 11.5. The van der Waals surface area contributed by atoms with E-state index in [-0.39, 0.29) is 5.91 Å². The monoisotopic (exact) mass is 391 g/mol. The van der Waals surface area contributed by atoms with Gasteiger partial charge in [0.2, 0.25) is 5.91 Å². The number of carbonyl (C=O) groups is 1. The molecule has 1 N–H and O–H groups in total. The normalized spacial score (nSPS) is 10.4. The second kappa shape index (κ2) is 8.20. The summed E-state index contributed by atoms with van der Waals surface area (Å²) < 4.78 is 11.5. The molecule has 0 saturated carbocycles. The van der Waals surface area contributed by atoms with Gasteiger partial charge in [-0.1, -0.05) is 34.1 Å². The molecular weight excluding hydrogens is 370 g/mol. The number of ether oxygens (including phenoxy) is 2. The van der Waals surface area contributed by atoms with Gasteiger partial charge in [0, 0.05) is 16.6 Å². The molecule has 0 aliphatic rings. The number of aryl methyl sites for hydroxylation is 3. The van der Waals surface area contributed by atoms with Gasteiger partial charge < -0.3 is 14.8 Å². The summed E-state index contributed by atoms with van der Waals surface area (Å²) in [6, 6.07) is 9.73. The summed E-state index contributed by atoms with van der Waals surface area (Å²) in [6.45, 7) is 3.99. The van der Waals surface area contributed by atoms with Crippen molar-refractivity contribution in [1.29, 1.82) is 0 Å². The van der Waals surface area contributed by atoms with E-state index in [1.165, 1.54) is 0 Å². The van der Waals surface area contributed by atoms with Crippen molar-refractivity contribution in [3.05, 3.63) is 51.5 Å². The lowest BCUT2D eigenvalue weighted by Gasteiger charge is -2.13. The van der Waals surface area contributed by atoms with E-state index in [1.807, 2.05) is 44.2 Å². The average Bonchev–Trinajstić information content (AvgIpc) is 2.56. The van der Waals surface area contributed by atoms with Crippen LogP contribution in [0.3, 0.4) is 0 Å². The van der Waals surface area contributed by atoms with Gasteiger partial charge in [0.05, 0.1) is 14.2 Å². The summed E-state index contributed by atoms with van der Waals surface area (Å²) in [5.41, 5.74) is 4.03. The minimum Gasteiger partial charge on any atom is -0.493 e. The number of hydrogen-bond donors (Lipinski definition) is 1. The van der Waals surface area contributed by atoms with E-state index < -0.39 is 0 Å². The maximum atomic E-state index is 12.3. The van der Waals surface area contributed by atoms with Crippen LogP contribution in [0.25, 0.3) is 0 Å². The molecule has 0 aromatic heterocycles. The smallest absolute Gasteiger partial charge is 0.224 e. The van der Waals surface area contributed by atoms with E-state index in [0.717, 1.165) is 26.9 Å². The lowest BCUT2D eigenvalue weighted by Crippen LogP contribution is -2.14. The van der Waals surface area contributed by atoms with Crippen LogP contribution >= 0.6 is 15.9 Å². The number of amides is 1. The largest absolute Gasteiger partial charge is 0.493 e. The second-order valence-electron chi connectivity index (χ2n) is 5.61. The molecular formula is C19H22BrNO3. The number of methoxy groups -OCH3 is 2. The molecule has 0 saturated heterocycles. The molecule has 0 bridgehead atoms. The quantitative estimate of drug-likeness (QED) is 0.778. The van der Waals surface area contributed by atoms with Crippen molar-refractivity contribution in [2.45, 2.75) is 26.7 Å². The van der Waals surface area contributed by atoms with Crippen molar-refractivity contribution in [3.8, 4) is 11.5 Å². The maximum absolute atomic E-state index is 12.3. The number of anilines is 1. The van der Waals surface area contributed by atoms with Gasteiger partial charge in [-0.25, -0.2) is 0 Å². The van der Waals surface area contributed by atoms with Crippen molar-refractivity contribution in [3.63, 3.8) is 0 Å². The molecule has 0 atom stereocenters. The van der Waals surface area contributed by atoms with E-state index in [1.54, 1.807) is 14.2 Å². The first kappa shape index (κ1) is 18.3. The van der Waals surface area contributed by atoms with Crippen molar-refractivity contribution >= 4 is 27.5 Å². The van der Waals surface area contributed by atoms with E-state index in [0.29, 0.717) is 24.3 Å². The fourth-order valence-electron chi connectivity index (χ4n) is 2.55. The highest BCUT2D eigenvalue weighted by Gasteiger charge is 2.12. The number of carbonyl (C=O) groups excluding carboxylic acids is 1. The Labute approximate surface area is 151 Å². The van der Waals surface area contributed by atoms with Crippen LogP contribution in [0.2, 0.25) is 0 Å². The highest BCUT2D eigenvalue weighted by molar-refractivity contribution is 9.10. The average molecular weight is 392 g/mol. The van der Waals surface area contributed by atoms with Crippen molar-refractivity contribution < 1.29 is 14.3 Å². The molecule has 24 heavy (non-hydrogen) atoms. The summed E-state index contributed by atoms with van der Waals surface area (Å²) in [5.74, 6) is 1.31. The number of benzene rings is 2. The molecule has 128 valence electrons. The second-order valence-corrected chi connectivity index (χ2v) is 6.47. The molecule has 2 aromatic rings. The van der Waals surface area contributed by atoms with Crippen LogP contribution in [0.1, 0.15) is 23.1 Å². The van der Waals surface area contributed by atoms with Gasteiger partial charge >= 0.3 is 0 Å². The molecule has 0 aliphatic carbocycles. The lowest BCUT2D eigenvalue weighted by atomic mass is 10.1. The topological polar surface area (TPSA) is 47.6 Å². The molecule has 4 nitrogen and oxygen atoms in total. The lowest BCUT2D eigenvalue weighted by molar-refractivity contribution is -0.116. The number of halogens is 1. The van der Waals surface area contributed by atoms with Gasteiger partial charge in [-0.2, -0.15) is 0 Å². The molecule has 0 aliphatic heterocycles. The summed E-state index contributed by atoms with van der Waals surface area (Å²) in [4.78, 5) is 12.3. The Morgan fingerprint density at radius 3 is 2.25 bits per heavy atom. The van der Waals surface area contributed by atoms with E-state index >= 15 is 0 Å². The summed E-state index contributed by atoms with van der Waals surface area (Å²) in [5, 5.41) is 3.01. The maximum Gasteiger partial charge on any atom is 0.224 e. The molecule has 5 heteroatoms. The van der Waals surface area contributed by atoms with E-state index in [4.69, 9.17) is 9.47 Å². The third kappa shape index (κ3) is 4.29. The van der Waals surface area contributed by atoms with Crippen LogP contribution in [0.15, 0.2) is 34.8 Å². The van der Waals surface area contributed by atoms with Gasteiger partial charge in [0.25, 0.3) is 0 Å². The highest BCUT2D eigenvalue weighted by atomic mass is 79.9. The molecule has 0 unspecified atom stereocenters. The van der Waals surface area contributed by atoms with Crippen LogP contribution in [-0.2, 0) is 11.2 Å². The highest BCUT2D eigenvalue weighted by Crippen LogP contribution is 2.33. The van der Waals surface area contributed by atoms with Gasteiger partial charge in [0.1, 0.15) is 0 Å². The Bertz CT molecular complexity index is 723. The van der Waals surface area contributed by atoms with E-state index in [2.05, 4.69) is 21.2 Å². The zero-order valence-electron chi connectivity index (χ0n) is 14.4. The van der Waals surface area contributed by atoms with Crippen LogP contribution in [0.4, 0.5) is 5.69 Å². The Morgan fingerprint density at radius 1 is 1.08 bits per heavy atom. The summed E-state index contributed by atoms with van der Waals surface area (Å²) in [7, 11) is 3.20.